The predicted molar refractivity (Wildman–Crippen MR) is 82.0 cm³/mol. The lowest BCUT2D eigenvalue weighted by Crippen LogP contribution is -2.19. The van der Waals surface area contributed by atoms with E-state index in [0.717, 1.165) is 17.8 Å². The topological polar surface area (TPSA) is 38.0 Å². The molecular formula is C17H22N2. The fraction of sp³-hybridized carbons (Fsp3) is 0.294. The number of benzene rings is 2. The maximum absolute atomic E-state index is 5.96. The molecule has 2 heteroatoms. The van der Waals surface area contributed by atoms with Gasteiger partial charge in [0.15, 0.2) is 0 Å². The zero-order chi connectivity index (χ0) is 13.8. The van der Waals surface area contributed by atoms with Crippen LogP contribution in [0.1, 0.15) is 35.2 Å². The first-order valence-electron chi connectivity index (χ1n) is 6.72. The third kappa shape index (κ3) is 3.36. The van der Waals surface area contributed by atoms with Gasteiger partial charge in [0.25, 0.3) is 0 Å². The molecule has 0 aliphatic heterocycles. The van der Waals surface area contributed by atoms with Crippen LogP contribution in [0.5, 0.6) is 0 Å². The Bertz CT molecular complexity index is 561. The van der Waals surface area contributed by atoms with Crippen LogP contribution >= 0.6 is 0 Å². The fourth-order valence-electron chi connectivity index (χ4n) is 2.38. The Morgan fingerprint density at radius 1 is 1.11 bits per heavy atom. The molecule has 0 spiro atoms. The second kappa shape index (κ2) is 5.89. The first kappa shape index (κ1) is 13.6. The van der Waals surface area contributed by atoms with Crippen molar-refractivity contribution in [2.45, 2.75) is 33.4 Å². The van der Waals surface area contributed by atoms with Gasteiger partial charge in [-0.3, -0.25) is 0 Å². The fourth-order valence-corrected chi connectivity index (χ4v) is 2.38. The minimum absolute atomic E-state index is 0.320. The lowest BCUT2D eigenvalue weighted by atomic mass is 10.00. The van der Waals surface area contributed by atoms with Gasteiger partial charge in [-0.2, -0.15) is 0 Å². The van der Waals surface area contributed by atoms with Gasteiger partial charge in [0, 0.05) is 18.3 Å². The summed E-state index contributed by atoms with van der Waals surface area (Å²) in [6.45, 7) is 7.27. The molecule has 1 atom stereocenters. The van der Waals surface area contributed by atoms with E-state index in [4.69, 9.17) is 5.73 Å². The summed E-state index contributed by atoms with van der Waals surface area (Å²) in [6, 6.07) is 14.9. The maximum atomic E-state index is 5.96. The molecule has 0 aliphatic rings. The largest absolute Gasteiger partial charge is 0.398 e. The number of nitrogens with two attached hydrogens (primary N) is 1. The summed E-state index contributed by atoms with van der Waals surface area (Å²) in [6.07, 6.45) is 0. The van der Waals surface area contributed by atoms with E-state index in [1.807, 2.05) is 18.2 Å². The Hall–Kier alpha value is -1.80. The van der Waals surface area contributed by atoms with Gasteiger partial charge in [-0.1, -0.05) is 42.0 Å². The van der Waals surface area contributed by atoms with Gasteiger partial charge in [0.1, 0.15) is 0 Å². The summed E-state index contributed by atoms with van der Waals surface area (Å²) >= 11 is 0. The van der Waals surface area contributed by atoms with E-state index < -0.39 is 0 Å². The van der Waals surface area contributed by atoms with Crippen LogP contribution in [0.25, 0.3) is 0 Å². The molecule has 0 saturated carbocycles. The van der Waals surface area contributed by atoms with Crippen LogP contribution in [0.2, 0.25) is 0 Å². The zero-order valence-electron chi connectivity index (χ0n) is 11.9. The molecule has 0 heterocycles. The molecule has 0 aliphatic carbocycles. The predicted octanol–water partition coefficient (Wildman–Crippen LogP) is 3.74. The van der Waals surface area contributed by atoms with Crippen LogP contribution in [0.3, 0.4) is 0 Å². The van der Waals surface area contributed by atoms with E-state index in [9.17, 15) is 0 Å². The monoisotopic (exact) mass is 254 g/mol. The Morgan fingerprint density at radius 2 is 1.84 bits per heavy atom. The minimum Gasteiger partial charge on any atom is -0.398 e. The molecule has 0 amide bonds. The van der Waals surface area contributed by atoms with Crippen molar-refractivity contribution in [3.63, 3.8) is 0 Å². The smallest absolute Gasteiger partial charge is 0.0359 e. The number of nitrogen functional groups attached to an aromatic ring is 1. The molecule has 2 aromatic rings. The average molecular weight is 254 g/mol. The van der Waals surface area contributed by atoms with Crippen molar-refractivity contribution < 1.29 is 0 Å². The van der Waals surface area contributed by atoms with Crippen molar-refractivity contribution in [1.29, 1.82) is 0 Å². The number of aryl methyl sites for hydroxylation is 2. The standard InChI is InChI=1S/C17H22N2/c1-12-8-9-16(13(2)10-12)14(3)19-11-15-6-4-5-7-17(15)18/h4-10,14,19H,11,18H2,1-3H3. The Kier molecular flexibility index (Phi) is 4.23. The van der Waals surface area contributed by atoms with Gasteiger partial charge in [-0.05, 0) is 43.5 Å². The molecule has 0 radical (unpaired) electrons. The Labute approximate surface area is 115 Å². The molecule has 3 N–H and O–H groups in total. The molecular weight excluding hydrogens is 232 g/mol. The molecule has 19 heavy (non-hydrogen) atoms. The number of anilines is 1. The van der Waals surface area contributed by atoms with E-state index in [-0.39, 0.29) is 0 Å². The second-order valence-electron chi connectivity index (χ2n) is 5.16. The van der Waals surface area contributed by atoms with Crippen molar-refractivity contribution in [3.8, 4) is 0 Å². The van der Waals surface area contributed by atoms with Crippen LogP contribution in [0, 0.1) is 13.8 Å². The summed E-state index contributed by atoms with van der Waals surface area (Å²) < 4.78 is 0. The minimum atomic E-state index is 0.320. The van der Waals surface area contributed by atoms with Gasteiger partial charge in [0.2, 0.25) is 0 Å². The van der Waals surface area contributed by atoms with Crippen molar-refractivity contribution in [2.75, 3.05) is 5.73 Å². The van der Waals surface area contributed by atoms with Crippen molar-refractivity contribution in [1.82, 2.24) is 5.32 Å². The van der Waals surface area contributed by atoms with Crippen LogP contribution in [0.4, 0.5) is 5.69 Å². The second-order valence-corrected chi connectivity index (χ2v) is 5.16. The lowest BCUT2D eigenvalue weighted by Gasteiger charge is -2.17. The van der Waals surface area contributed by atoms with Crippen LogP contribution in [0.15, 0.2) is 42.5 Å². The number of hydrogen-bond donors (Lipinski definition) is 2. The molecule has 0 aromatic heterocycles. The van der Waals surface area contributed by atoms with Gasteiger partial charge in [0.05, 0.1) is 0 Å². The normalized spacial score (nSPS) is 12.4. The van der Waals surface area contributed by atoms with E-state index >= 15 is 0 Å². The van der Waals surface area contributed by atoms with Crippen LogP contribution in [-0.2, 0) is 6.54 Å². The number of para-hydroxylation sites is 1. The third-order valence-electron chi connectivity index (χ3n) is 3.55. The highest BCUT2D eigenvalue weighted by Gasteiger charge is 2.08. The summed E-state index contributed by atoms with van der Waals surface area (Å²) in [5, 5.41) is 3.54. The quantitative estimate of drug-likeness (QED) is 0.816. The lowest BCUT2D eigenvalue weighted by molar-refractivity contribution is 0.573. The zero-order valence-corrected chi connectivity index (χ0v) is 11.9. The molecule has 2 aromatic carbocycles. The summed E-state index contributed by atoms with van der Waals surface area (Å²) in [5.41, 5.74) is 11.9. The number of rotatable bonds is 4. The van der Waals surface area contributed by atoms with Crippen LogP contribution < -0.4 is 11.1 Å². The summed E-state index contributed by atoms with van der Waals surface area (Å²) in [5.74, 6) is 0. The third-order valence-corrected chi connectivity index (χ3v) is 3.55. The van der Waals surface area contributed by atoms with E-state index in [2.05, 4.69) is 50.4 Å². The molecule has 0 bridgehead atoms. The van der Waals surface area contributed by atoms with Gasteiger partial charge < -0.3 is 11.1 Å². The number of nitrogens with one attached hydrogen (secondary N) is 1. The highest BCUT2D eigenvalue weighted by Crippen LogP contribution is 2.19. The molecule has 2 nitrogen and oxygen atoms in total. The molecule has 1 unspecified atom stereocenters. The van der Waals surface area contributed by atoms with Crippen molar-refractivity contribution in [2.24, 2.45) is 0 Å². The van der Waals surface area contributed by atoms with Crippen molar-refractivity contribution >= 4 is 5.69 Å². The maximum Gasteiger partial charge on any atom is 0.0359 e. The van der Waals surface area contributed by atoms with Gasteiger partial charge in [-0.15, -0.1) is 0 Å². The van der Waals surface area contributed by atoms with E-state index in [1.165, 1.54) is 16.7 Å². The number of hydrogen-bond acceptors (Lipinski definition) is 2. The first-order valence-corrected chi connectivity index (χ1v) is 6.72. The highest BCUT2D eigenvalue weighted by molar-refractivity contribution is 5.46. The Morgan fingerprint density at radius 3 is 2.53 bits per heavy atom. The molecule has 0 saturated heterocycles. The SMILES string of the molecule is Cc1ccc(C(C)NCc2ccccc2N)c(C)c1. The summed E-state index contributed by atoms with van der Waals surface area (Å²) in [7, 11) is 0. The summed E-state index contributed by atoms with van der Waals surface area (Å²) in [4.78, 5) is 0. The Balaban J connectivity index is 2.05. The molecule has 2 rings (SSSR count). The molecule has 100 valence electrons. The first-order chi connectivity index (χ1) is 9.08. The van der Waals surface area contributed by atoms with E-state index in [0.29, 0.717) is 6.04 Å². The van der Waals surface area contributed by atoms with Crippen molar-refractivity contribution in [3.05, 3.63) is 64.7 Å². The highest BCUT2D eigenvalue weighted by atomic mass is 14.9. The van der Waals surface area contributed by atoms with Gasteiger partial charge >= 0.3 is 0 Å². The molecule has 0 fully saturated rings. The van der Waals surface area contributed by atoms with Gasteiger partial charge in [-0.25, -0.2) is 0 Å². The van der Waals surface area contributed by atoms with E-state index in [1.54, 1.807) is 0 Å². The average Bonchev–Trinajstić information content (AvgIpc) is 2.37. The van der Waals surface area contributed by atoms with Crippen LogP contribution in [-0.4, -0.2) is 0 Å².